The minimum Gasteiger partial charge on any atom is -0.481 e. The van der Waals surface area contributed by atoms with Crippen LogP contribution in [0.2, 0.25) is 0 Å². The second-order valence-electron chi connectivity index (χ2n) is 4.01. The van der Waals surface area contributed by atoms with Crippen LogP contribution in [-0.2, 0) is 14.4 Å². The van der Waals surface area contributed by atoms with E-state index in [1.54, 1.807) is 0 Å². The van der Waals surface area contributed by atoms with E-state index in [4.69, 9.17) is 10.8 Å². The van der Waals surface area contributed by atoms with Gasteiger partial charge in [0.1, 0.15) is 6.04 Å². The fourth-order valence-corrected chi connectivity index (χ4v) is 1.19. The second kappa shape index (κ2) is 6.95. The van der Waals surface area contributed by atoms with E-state index in [9.17, 15) is 14.4 Å². The molecule has 4 N–H and O–H groups in total. The van der Waals surface area contributed by atoms with Gasteiger partial charge in [0.05, 0.1) is 12.5 Å². The van der Waals surface area contributed by atoms with Gasteiger partial charge in [-0.25, -0.2) is 0 Å². The Morgan fingerprint density at radius 1 is 1.44 bits per heavy atom. The molecule has 0 saturated heterocycles. The van der Waals surface area contributed by atoms with Crippen molar-refractivity contribution in [1.82, 2.24) is 5.32 Å². The van der Waals surface area contributed by atoms with Crippen LogP contribution >= 0.6 is 0 Å². The summed E-state index contributed by atoms with van der Waals surface area (Å²) in [6.07, 6.45) is 1.45. The number of rotatable bonds is 7. The van der Waals surface area contributed by atoms with Crippen molar-refractivity contribution in [2.45, 2.75) is 38.8 Å². The van der Waals surface area contributed by atoms with Crippen LogP contribution in [0.25, 0.3) is 0 Å². The molecule has 0 aliphatic rings. The van der Waals surface area contributed by atoms with Crippen molar-refractivity contribution in [3.05, 3.63) is 0 Å². The molecule has 0 aromatic rings. The van der Waals surface area contributed by atoms with Crippen LogP contribution in [0.15, 0.2) is 0 Å². The number of aliphatic carboxylic acids is 1. The summed E-state index contributed by atoms with van der Waals surface area (Å²) in [5, 5.41) is 10.7. The molecule has 6 heteroatoms. The Hall–Kier alpha value is -1.43. The first kappa shape index (κ1) is 14.6. The third kappa shape index (κ3) is 6.13. The van der Waals surface area contributed by atoms with Gasteiger partial charge in [0.25, 0.3) is 0 Å². The first-order valence-corrected chi connectivity index (χ1v) is 5.02. The normalized spacial score (nSPS) is 14.2. The Labute approximate surface area is 94.2 Å². The average molecular weight is 229 g/mol. The molecule has 91 valence electrons. The fourth-order valence-electron chi connectivity index (χ4n) is 1.19. The Bertz CT molecular complexity index is 266. The van der Waals surface area contributed by atoms with E-state index < -0.39 is 30.4 Å². The van der Waals surface area contributed by atoms with E-state index >= 15 is 0 Å². The number of carbonyl (C=O) groups excluding carboxylic acids is 2. The molecule has 6 nitrogen and oxygen atoms in total. The summed E-state index contributed by atoms with van der Waals surface area (Å²) < 4.78 is 0. The van der Waals surface area contributed by atoms with Gasteiger partial charge in [0.15, 0.2) is 0 Å². The molecule has 0 bridgehead atoms. The number of nitrogens with one attached hydrogen (secondary N) is 1. The van der Waals surface area contributed by atoms with E-state index in [0.29, 0.717) is 6.42 Å². The topological polar surface area (TPSA) is 109 Å². The lowest BCUT2D eigenvalue weighted by Crippen LogP contribution is -2.47. The zero-order valence-corrected chi connectivity index (χ0v) is 9.40. The highest BCUT2D eigenvalue weighted by Gasteiger charge is 2.20. The third-order valence-electron chi connectivity index (χ3n) is 1.90. The van der Waals surface area contributed by atoms with Gasteiger partial charge in [-0.15, -0.1) is 0 Å². The van der Waals surface area contributed by atoms with Crippen LogP contribution in [0.4, 0.5) is 0 Å². The lowest BCUT2D eigenvalue weighted by atomic mass is 10.0. The molecule has 0 unspecified atom stereocenters. The van der Waals surface area contributed by atoms with E-state index in [0.717, 1.165) is 0 Å². The maximum absolute atomic E-state index is 11.4. The first-order chi connectivity index (χ1) is 7.36. The van der Waals surface area contributed by atoms with Crippen molar-refractivity contribution in [2.24, 2.45) is 11.7 Å². The number of nitrogens with two attached hydrogens (primary N) is 1. The van der Waals surface area contributed by atoms with Crippen LogP contribution in [0, 0.1) is 5.92 Å². The molecule has 1 radical (unpaired) electrons. The van der Waals surface area contributed by atoms with Gasteiger partial charge >= 0.3 is 5.97 Å². The quantitative estimate of drug-likeness (QED) is 0.541. The molecular weight excluding hydrogens is 212 g/mol. The maximum atomic E-state index is 11.4. The van der Waals surface area contributed by atoms with Gasteiger partial charge in [0, 0.05) is 0 Å². The molecule has 0 saturated carbocycles. The first-order valence-electron chi connectivity index (χ1n) is 5.02. The SMILES string of the molecule is CC(C)C[C@H](N)C(=O)N[C@H]([C]=O)CC(=O)O. The van der Waals surface area contributed by atoms with E-state index in [2.05, 4.69) is 5.32 Å². The van der Waals surface area contributed by atoms with Crippen molar-refractivity contribution in [3.63, 3.8) is 0 Å². The second-order valence-corrected chi connectivity index (χ2v) is 4.01. The molecule has 0 aromatic heterocycles. The van der Waals surface area contributed by atoms with Gasteiger partial charge in [-0.3, -0.25) is 14.4 Å². The molecule has 0 heterocycles. The average Bonchev–Trinajstić information content (AvgIpc) is 2.14. The summed E-state index contributed by atoms with van der Waals surface area (Å²) >= 11 is 0. The largest absolute Gasteiger partial charge is 0.481 e. The predicted octanol–water partition coefficient (Wildman–Crippen LogP) is -0.571. The van der Waals surface area contributed by atoms with Gasteiger partial charge in [-0.05, 0) is 12.3 Å². The van der Waals surface area contributed by atoms with Gasteiger partial charge in [-0.2, -0.15) is 0 Å². The van der Waals surface area contributed by atoms with Crippen molar-refractivity contribution >= 4 is 18.2 Å². The number of carboxylic acids is 1. The monoisotopic (exact) mass is 229 g/mol. The minimum absolute atomic E-state index is 0.249. The number of carbonyl (C=O) groups is 2. The van der Waals surface area contributed by atoms with Gasteiger partial charge in [-0.1, -0.05) is 13.8 Å². The van der Waals surface area contributed by atoms with E-state index in [-0.39, 0.29) is 5.92 Å². The molecule has 2 atom stereocenters. The Morgan fingerprint density at radius 3 is 2.38 bits per heavy atom. The Morgan fingerprint density at radius 2 is 2.00 bits per heavy atom. The van der Waals surface area contributed by atoms with Crippen LogP contribution < -0.4 is 11.1 Å². The molecule has 0 aliphatic carbocycles. The zero-order valence-electron chi connectivity index (χ0n) is 9.40. The molecular formula is C10H17N2O4. The number of hydrogen-bond donors (Lipinski definition) is 3. The lowest BCUT2D eigenvalue weighted by Gasteiger charge is -2.16. The molecule has 16 heavy (non-hydrogen) atoms. The third-order valence-corrected chi connectivity index (χ3v) is 1.90. The molecule has 0 fully saturated rings. The maximum Gasteiger partial charge on any atom is 0.305 e. The van der Waals surface area contributed by atoms with E-state index in [1.807, 2.05) is 13.8 Å². The Kier molecular flexibility index (Phi) is 6.32. The zero-order chi connectivity index (χ0) is 12.7. The van der Waals surface area contributed by atoms with Crippen LogP contribution in [0.1, 0.15) is 26.7 Å². The standard InChI is InChI=1S/C10H17N2O4/c1-6(2)3-8(11)10(16)12-7(5-13)4-9(14)15/h6-8H,3-4,11H2,1-2H3,(H,12,16)(H,14,15)/t7-,8-/m0/s1. The summed E-state index contributed by atoms with van der Waals surface area (Å²) in [4.78, 5) is 32.1. The van der Waals surface area contributed by atoms with Gasteiger partial charge in [0.2, 0.25) is 12.2 Å². The van der Waals surface area contributed by atoms with Crippen LogP contribution in [-0.4, -0.2) is 35.4 Å². The highest BCUT2D eigenvalue weighted by molar-refractivity contribution is 5.85. The minimum atomic E-state index is -1.17. The van der Waals surface area contributed by atoms with Gasteiger partial charge < -0.3 is 16.2 Å². The fraction of sp³-hybridized carbons (Fsp3) is 0.700. The number of hydrogen-bond acceptors (Lipinski definition) is 4. The summed E-state index contributed by atoms with van der Waals surface area (Å²) in [6, 6.07) is -1.87. The molecule has 0 aromatic carbocycles. The van der Waals surface area contributed by atoms with Crippen molar-refractivity contribution in [2.75, 3.05) is 0 Å². The van der Waals surface area contributed by atoms with Crippen molar-refractivity contribution in [3.8, 4) is 0 Å². The summed E-state index contributed by atoms with van der Waals surface area (Å²) in [5.41, 5.74) is 5.56. The molecule has 0 spiro atoms. The Balaban J connectivity index is 4.18. The number of amides is 1. The molecule has 1 amide bonds. The van der Waals surface area contributed by atoms with Crippen molar-refractivity contribution in [1.29, 1.82) is 0 Å². The highest BCUT2D eigenvalue weighted by atomic mass is 16.4. The van der Waals surface area contributed by atoms with E-state index in [1.165, 1.54) is 6.29 Å². The summed E-state index contributed by atoms with van der Waals surface area (Å²) in [6.45, 7) is 3.82. The summed E-state index contributed by atoms with van der Waals surface area (Å²) in [5.74, 6) is -1.45. The van der Waals surface area contributed by atoms with Crippen LogP contribution in [0.5, 0.6) is 0 Å². The molecule has 0 aliphatic heterocycles. The van der Waals surface area contributed by atoms with Crippen LogP contribution in [0.3, 0.4) is 0 Å². The smallest absolute Gasteiger partial charge is 0.305 e. The van der Waals surface area contributed by atoms with Crippen molar-refractivity contribution < 1.29 is 19.5 Å². The summed E-state index contributed by atoms with van der Waals surface area (Å²) in [7, 11) is 0. The predicted molar refractivity (Wildman–Crippen MR) is 57.3 cm³/mol. The highest BCUT2D eigenvalue weighted by Crippen LogP contribution is 2.03. The lowest BCUT2D eigenvalue weighted by molar-refractivity contribution is -0.137. The number of carboxylic acid groups (broad SMARTS) is 1. The molecule has 0 rings (SSSR count).